The van der Waals surface area contributed by atoms with Gasteiger partial charge in [-0.3, -0.25) is 9.59 Å². The van der Waals surface area contributed by atoms with Crippen LogP contribution in [0, 0.1) is 0 Å². The summed E-state index contributed by atoms with van der Waals surface area (Å²) in [7, 11) is 3.45. The van der Waals surface area contributed by atoms with Gasteiger partial charge in [-0.1, -0.05) is 84.9 Å². The van der Waals surface area contributed by atoms with Crippen molar-refractivity contribution >= 4 is 22.6 Å². The lowest BCUT2D eigenvalue weighted by Gasteiger charge is -2.35. The third kappa shape index (κ3) is 7.79. The predicted octanol–water partition coefficient (Wildman–Crippen LogP) is 4.06. The first-order chi connectivity index (χ1) is 19.9. The molecule has 4 aromatic rings. The van der Waals surface area contributed by atoms with Crippen molar-refractivity contribution in [3.63, 3.8) is 0 Å². The molecule has 0 saturated heterocycles. The van der Waals surface area contributed by atoms with E-state index in [1.165, 1.54) is 4.90 Å². The van der Waals surface area contributed by atoms with Gasteiger partial charge >= 0.3 is 0 Å². The maximum Gasteiger partial charge on any atom is 0.254 e. The molecule has 0 aliphatic heterocycles. The van der Waals surface area contributed by atoms with Crippen molar-refractivity contribution in [3.8, 4) is 0 Å². The van der Waals surface area contributed by atoms with Gasteiger partial charge in [0.25, 0.3) is 5.91 Å². The summed E-state index contributed by atoms with van der Waals surface area (Å²) >= 11 is 0. The van der Waals surface area contributed by atoms with Gasteiger partial charge in [-0.2, -0.15) is 0 Å². The smallest absolute Gasteiger partial charge is 0.254 e. The number of aliphatic hydroxyl groups is 1. The minimum atomic E-state index is -0.758. The SMILES string of the molecule is CN(C(=O)[C@@H](Cc1ccc2ccccc2c1)N(C)C(=O)c1cccc(CN)c1)[C@@H](COCCO)Cc1ccccc1. The first-order valence-electron chi connectivity index (χ1n) is 13.9. The zero-order chi connectivity index (χ0) is 29.2. The molecule has 7 nitrogen and oxygen atoms in total. The standard InChI is InChI=1S/C34H39N3O4/c1-36(31(24-41-18-17-38)21-25-9-4-3-5-10-25)34(40)32(22-26-15-16-28-12-6-7-13-29(28)19-26)37(2)33(39)30-14-8-11-27(20-30)23-35/h3-16,19-20,31-32,38H,17-18,21-24,35H2,1-2H3/t31-,32-/m1/s1. The molecular weight excluding hydrogens is 514 g/mol. The minimum Gasteiger partial charge on any atom is -0.394 e. The number of ether oxygens (including phenoxy) is 1. The van der Waals surface area contributed by atoms with Crippen LogP contribution in [0.1, 0.15) is 27.0 Å². The minimum absolute atomic E-state index is 0.0978. The third-order valence-corrected chi connectivity index (χ3v) is 7.48. The van der Waals surface area contributed by atoms with Crippen LogP contribution in [0.4, 0.5) is 0 Å². The van der Waals surface area contributed by atoms with Crippen molar-refractivity contribution in [2.24, 2.45) is 5.73 Å². The van der Waals surface area contributed by atoms with Crippen LogP contribution < -0.4 is 5.73 Å². The Morgan fingerprint density at radius 3 is 2.22 bits per heavy atom. The van der Waals surface area contributed by atoms with Crippen LogP contribution >= 0.6 is 0 Å². The van der Waals surface area contributed by atoms with Crippen LogP contribution in [-0.4, -0.2) is 72.7 Å². The molecule has 0 aromatic heterocycles. The van der Waals surface area contributed by atoms with E-state index in [1.807, 2.05) is 72.8 Å². The number of nitrogens with two attached hydrogens (primary N) is 1. The lowest BCUT2D eigenvalue weighted by atomic mass is 9.98. The number of aliphatic hydroxyl groups excluding tert-OH is 1. The molecule has 2 amide bonds. The van der Waals surface area contributed by atoms with Gasteiger partial charge in [0.1, 0.15) is 6.04 Å². The number of carbonyl (C=O) groups is 2. The van der Waals surface area contributed by atoms with Crippen LogP contribution in [0.5, 0.6) is 0 Å². The number of benzene rings is 4. The molecule has 0 aliphatic carbocycles. The Labute approximate surface area is 242 Å². The van der Waals surface area contributed by atoms with E-state index < -0.39 is 6.04 Å². The summed E-state index contributed by atoms with van der Waals surface area (Å²) < 4.78 is 5.70. The average molecular weight is 554 g/mol. The molecule has 0 unspecified atom stereocenters. The Morgan fingerprint density at radius 2 is 1.49 bits per heavy atom. The number of fused-ring (bicyclic) bond motifs is 1. The van der Waals surface area contributed by atoms with E-state index in [0.29, 0.717) is 24.9 Å². The molecule has 4 aromatic carbocycles. The maximum atomic E-state index is 14.3. The molecule has 0 fully saturated rings. The fraction of sp³-hybridized carbons (Fsp3) is 0.294. The normalized spacial score (nSPS) is 12.6. The Balaban J connectivity index is 1.66. The molecule has 4 rings (SSSR count). The summed E-state index contributed by atoms with van der Waals surface area (Å²) in [5, 5.41) is 11.5. The zero-order valence-corrected chi connectivity index (χ0v) is 23.8. The molecular formula is C34H39N3O4. The highest BCUT2D eigenvalue weighted by atomic mass is 16.5. The number of nitrogens with zero attached hydrogens (tertiary/aromatic N) is 2. The molecule has 0 heterocycles. The zero-order valence-electron chi connectivity index (χ0n) is 23.8. The van der Waals surface area contributed by atoms with Crippen LogP contribution in [0.2, 0.25) is 0 Å². The van der Waals surface area contributed by atoms with Gasteiger partial charge in [-0.15, -0.1) is 0 Å². The van der Waals surface area contributed by atoms with Gasteiger partial charge in [-0.05, 0) is 46.0 Å². The van der Waals surface area contributed by atoms with Crippen molar-refractivity contribution in [1.82, 2.24) is 9.80 Å². The van der Waals surface area contributed by atoms with Gasteiger partial charge in [0.2, 0.25) is 5.91 Å². The largest absolute Gasteiger partial charge is 0.394 e. The Bertz CT molecular complexity index is 1440. The van der Waals surface area contributed by atoms with E-state index in [4.69, 9.17) is 10.5 Å². The van der Waals surface area contributed by atoms with Crippen LogP contribution in [0.15, 0.2) is 97.1 Å². The molecule has 0 spiro atoms. The second-order valence-electron chi connectivity index (χ2n) is 10.3. The summed E-state index contributed by atoms with van der Waals surface area (Å²) in [5.41, 5.74) is 9.19. The van der Waals surface area contributed by atoms with Crippen molar-refractivity contribution in [2.45, 2.75) is 31.5 Å². The van der Waals surface area contributed by atoms with Gasteiger partial charge in [-0.25, -0.2) is 0 Å². The van der Waals surface area contributed by atoms with E-state index in [-0.39, 0.29) is 37.7 Å². The average Bonchev–Trinajstić information content (AvgIpc) is 3.02. The van der Waals surface area contributed by atoms with Gasteiger partial charge in [0.15, 0.2) is 0 Å². The number of rotatable bonds is 13. The number of likely N-dealkylation sites (N-methyl/N-ethyl adjacent to an activating group) is 2. The second kappa shape index (κ2) is 14.6. The number of hydrogen-bond acceptors (Lipinski definition) is 5. The fourth-order valence-electron chi connectivity index (χ4n) is 5.05. The highest BCUT2D eigenvalue weighted by Crippen LogP contribution is 2.21. The number of carbonyl (C=O) groups excluding carboxylic acids is 2. The van der Waals surface area contributed by atoms with Crippen molar-refractivity contribution in [2.75, 3.05) is 33.9 Å². The topological polar surface area (TPSA) is 96.1 Å². The molecule has 0 aliphatic rings. The molecule has 0 saturated carbocycles. The molecule has 3 N–H and O–H groups in total. The molecule has 41 heavy (non-hydrogen) atoms. The van der Waals surface area contributed by atoms with Gasteiger partial charge in [0.05, 0.1) is 25.9 Å². The van der Waals surface area contributed by atoms with Crippen molar-refractivity contribution in [1.29, 1.82) is 0 Å². The second-order valence-corrected chi connectivity index (χ2v) is 10.3. The number of hydrogen-bond donors (Lipinski definition) is 2. The molecule has 2 atom stereocenters. The van der Waals surface area contributed by atoms with E-state index in [1.54, 1.807) is 31.1 Å². The van der Waals surface area contributed by atoms with E-state index in [2.05, 4.69) is 12.1 Å². The lowest BCUT2D eigenvalue weighted by molar-refractivity contribution is -0.138. The first kappa shape index (κ1) is 29.9. The van der Waals surface area contributed by atoms with E-state index in [0.717, 1.165) is 27.5 Å². The summed E-state index contributed by atoms with van der Waals surface area (Å²) in [4.78, 5) is 31.2. The van der Waals surface area contributed by atoms with Crippen LogP contribution in [0.25, 0.3) is 10.8 Å². The molecule has 214 valence electrons. The van der Waals surface area contributed by atoms with Gasteiger partial charge in [0, 0.05) is 32.6 Å². The third-order valence-electron chi connectivity index (χ3n) is 7.48. The first-order valence-corrected chi connectivity index (χ1v) is 13.9. The van der Waals surface area contributed by atoms with Crippen LogP contribution in [-0.2, 0) is 28.9 Å². The van der Waals surface area contributed by atoms with Crippen molar-refractivity contribution < 1.29 is 19.4 Å². The highest BCUT2D eigenvalue weighted by Gasteiger charge is 2.33. The summed E-state index contributed by atoms with van der Waals surface area (Å²) in [5.74, 6) is -0.429. The Hall–Kier alpha value is -4.04. The maximum absolute atomic E-state index is 14.3. The lowest BCUT2D eigenvalue weighted by Crippen LogP contribution is -2.53. The Kier molecular flexibility index (Phi) is 10.6. The van der Waals surface area contributed by atoms with Crippen molar-refractivity contribution in [3.05, 3.63) is 119 Å². The molecule has 7 heteroatoms. The number of amides is 2. The summed E-state index contributed by atoms with van der Waals surface area (Å²) in [6.45, 7) is 0.668. The summed E-state index contributed by atoms with van der Waals surface area (Å²) in [6.07, 6.45) is 0.926. The quantitative estimate of drug-likeness (QED) is 0.244. The molecule has 0 radical (unpaired) electrons. The molecule has 0 bridgehead atoms. The van der Waals surface area contributed by atoms with E-state index >= 15 is 0 Å². The monoisotopic (exact) mass is 553 g/mol. The summed E-state index contributed by atoms with van der Waals surface area (Å²) in [6, 6.07) is 30.3. The fourth-order valence-corrected chi connectivity index (χ4v) is 5.05. The Morgan fingerprint density at radius 1 is 0.780 bits per heavy atom. The van der Waals surface area contributed by atoms with E-state index in [9.17, 15) is 14.7 Å². The highest BCUT2D eigenvalue weighted by molar-refractivity contribution is 5.97. The van der Waals surface area contributed by atoms with Gasteiger partial charge < -0.3 is 25.4 Å². The predicted molar refractivity (Wildman–Crippen MR) is 162 cm³/mol. The van der Waals surface area contributed by atoms with Crippen LogP contribution in [0.3, 0.4) is 0 Å².